The van der Waals surface area contributed by atoms with Gasteiger partial charge in [-0.2, -0.15) is 0 Å². The van der Waals surface area contributed by atoms with Gasteiger partial charge in [0.25, 0.3) is 0 Å². The van der Waals surface area contributed by atoms with E-state index in [0.717, 1.165) is 46.4 Å². The maximum atomic E-state index is 12.9. The lowest BCUT2D eigenvalue weighted by Gasteiger charge is -2.13. The first kappa shape index (κ1) is 30.4. The van der Waals surface area contributed by atoms with E-state index in [2.05, 4.69) is 19.1 Å². The number of hydrogen-bond donors (Lipinski definition) is 1. The number of rotatable bonds is 18. The van der Waals surface area contributed by atoms with Gasteiger partial charge in [0.15, 0.2) is 0 Å². The van der Waals surface area contributed by atoms with Crippen LogP contribution in [0.3, 0.4) is 0 Å². The van der Waals surface area contributed by atoms with E-state index in [4.69, 9.17) is 4.74 Å². The van der Waals surface area contributed by atoms with Crippen molar-refractivity contribution in [1.29, 1.82) is 0 Å². The van der Waals surface area contributed by atoms with Gasteiger partial charge in [0.1, 0.15) is 5.75 Å². The van der Waals surface area contributed by atoms with E-state index in [-0.39, 0.29) is 6.42 Å². The molecule has 0 aliphatic rings. The zero-order chi connectivity index (χ0) is 27.9. The number of esters is 1. The highest BCUT2D eigenvalue weighted by molar-refractivity contribution is 6.06. The van der Waals surface area contributed by atoms with E-state index in [1.165, 1.54) is 64.2 Å². The van der Waals surface area contributed by atoms with Crippen LogP contribution in [0.5, 0.6) is 5.75 Å². The average molecular weight is 531 g/mol. The summed E-state index contributed by atoms with van der Waals surface area (Å²) in [5.74, 6) is -1.93. The maximum absolute atomic E-state index is 12.9. The lowest BCUT2D eigenvalue weighted by molar-refractivity contribution is -0.145. The Bertz CT molecular complexity index is 1230. The molecule has 0 aliphatic heterocycles. The molecule has 0 amide bonds. The van der Waals surface area contributed by atoms with Crippen LogP contribution in [0.1, 0.15) is 102 Å². The molecular weight excluding hydrogens is 484 g/mol. The topological polar surface area (TPSA) is 63.6 Å². The second kappa shape index (κ2) is 16.7. The number of unbranched alkanes of at least 4 members (excludes halogenated alkanes) is 12. The van der Waals surface area contributed by atoms with Crippen LogP contribution in [0.2, 0.25) is 0 Å². The molecule has 0 saturated carbocycles. The smallest absolute Gasteiger partial charge is 0.312 e. The predicted molar refractivity (Wildman–Crippen MR) is 162 cm³/mol. The second-order valence-electron chi connectivity index (χ2n) is 10.9. The van der Waals surface area contributed by atoms with E-state index < -0.39 is 17.9 Å². The number of allylic oxidation sites excluding steroid dienone is 1. The number of fused-ring (bicyclic) bond motifs is 2. The largest absolute Gasteiger partial charge is 0.481 e. The third-order valence-corrected chi connectivity index (χ3v) is 7.48. The van der Waals surface area contributed by atoms with Gasteiger partial charge in [-0.1, -0.05) is 138 Å². The fraction of sp³-hybridized carbons (Fsp3) is 0.486. The maximum Gasteiger partial charge on any atom is 0.312 e. The number of carboxylic acids is 1. The molecule has 0 heterocycles. The molecule has 1 atom stereocenters. The molecule has 0 saturated heterocycles. The minimum atomic E-state index is -1.00. The Hall–Kier alpha value is -3.14. The lowest BCUT2D eigenvalue weighted by Crippen LogP contribution is -2.19. The Labute approximate surface area is 234 Å². The number of aliphatic carboxylic acids is 1. The summed E-state index contributed by atoms with van der Waals surface area (Å²) in [6.07, 6.45) is 19.8. The van der Waals surface area contributed by atoms with Crippen molar-refractivity contribution >= 4 is 33.5 Å². The fourth-order valence-corrected chi connectivity index (χ4v) is 5.20. The van der Waals surface area contributed by atoms with E-state index in [1.807, 2.05) is 49.4 Å². The highest BCUT2D eigenvalue weighted by Crippen LogP contribution is 2.35. The molecule has 3 aromatic rings. The first-order valence-corrected chi connectivity index (χ1v) is 15.0. The van der Waals surface area contributed by atoms with E-state index in [1.54, 1.807) is 6.08 Å². The van der Waals surface area contributed by atoms with Gasteiger partial charge in [-0.25, -0.2) is 0 Å². The molecule has 4 heteroatoms. The SMILES string of the molecule is CCCCCCCCCCCCCCC=CC(CC(=O)Oc1c2ccccc2cc2cc(C)ccc12)C(=O)O. The summed E-state index contributed by atoms with van der Waals surface area (Å²) >= 11 is 0. The normalized spacial score (nSPS) is 12.4. The van der Waals surface area contributed by atoms with Gasteiger partial charge in [0.2, 0.25) is 0 Å². The molecule has 0 spiro atoms. The van der Waals surface area contributed by atoms with Crippen LogP contribution in [0.15, 0.2) is 60.7 Å². The van der Waals surface area contributed by atoms with Gasteiger partial charge in [0.05, 0.1) is 12.3 Å². The van der Waals surface area contributed by atoms with Crippen molar-refractivity contribution in [3.63, 3.8) is 0 Å². The highest BCUT2D eigenvalue weighted by atomic mass is 16.5. The molecule has 39 heavy (non-hydrogen) atoms. The van der Waals surface area contributed by atoms with Crippen LogP contribution in [0.25, 0.3) is 21.5 Å². The Morgan fingerprint density at radius 3 is 2.08 bits per heavy atom. The van der Waals surface area contributed by atoms with E-state index in [0.29, 0.717) is 5.75 Å². The Morgan fingerprint density at radius 1 is 0.795 bits per heavy atom. The van der Waals surface area contributed by atoms with Gasteiger partial charge in [0, 0.05) is 10.8 Å². The molecule has 0 radical (unpaired) electrons. The minimum Gasteiger partial charge on any atom is -0.481 e. The number of aryl methyl sites for hydroxylation is 1. The Morgan fingerprint density at radius 2 is 1.41 bits per heavy atom. The van der Waals surface area contributed by atoms with Crippen molar-refractivity contribution in [3.05, 3.63) is 66.2 Å². The quantitative estimate of drug-likeness (QED) is 0.0584. The van der Waals surface area contributed by atoms with Crippen LogP contribution in [0.4, 0.5) is 0 Å². The number of hydrogen-bond acceptors (Lipinski definition) is 3. The van der Waals surface area contributed by atoms with Gasteiger partial charge in [-0.05, 0) is 36.6 Å². The summed E-state index contributed by atoms with van der Waals surface area (Å²) < 4.78 is 5.85. The minimum absolute atomic E-state index is 0.194. The standard InChI is InChI=1S/C35H46O4/c1-3-4-5-6-7-8-9-10-11-12-13-14-15-16-20-29(35(37)38)26-33(36)39-34-31-21-18-17-19-28(31)25-30-24-27(2)22-23-32(30)34/h16-25,29H,3-15,26H2,1-2H3,(H,37,38). The summed E-state index contributed by atoms with van der Waals surface area (Å²) in [6, 6.07) is 15.9. The number of carbonyl (C=O) groups is 2. The van der Waals surface area contributed by atoms with Crippen LogP contribution >= 0.6 is 0 Å². The van der Waals surface area contributed by atoms with Gasteiger partial charge < -0.3 is 9.84 Å². The Balaban J connectivity index is 1.44. The fourth-order valence-electron chi connectivity index (χ4n) is 5.20. The molecular formula is C35H46O4. The molecule has 0 fully saturated rings. The molecule has 3 aromatic carbocycles. The molecule has 3 rings (SSSR count). The third kappa shape index (κ3) is 10.2. The van der Waals surface area contributed by atoms with Crippen LogP contribution < -0.4 is 4.74 Å². The van der Waals surface area contributed by atoms with Crippen LogP contribution in [-0.4, -0.2) is 17.0 Å². The first-order chi connectivity index (χ1) is 19.0. The van der Waals surface area contributed by atoms with Crippen molar-refractivity contribution in [1.82, 2.24) is 0 Å². The van der Waals surface area contributed by atoms with Crippen LogP contribution in [-0.2, 0) is 9.59 Å². The summed E-state index contributed by atoms with van der Waals surface area (Å²) in [5.41, 5.74) is 1.12. The summed E-state index contributed by atoms with van der Waals surface area (Å²) in [5, 5.41) is 13.4. The highest BCUT2D eigenvalue weighted by Gasteiger charge is 2.21. The molecule has 210 valence electrons. The van der Waals surface area contributed by atoms with Crippen molar-refractivity contribution < 1.29 is 19.4 Å². The predicted octanol–water partition coefficient (Wildman–Crippen LogP) is 9.95. The zero-order valence-electron chi connectivity index (χ0n) is 23.9. The van der Waals surface area contributed by atoms with Crippen molar-refractivity contribution in [2.75, 3.05) is 0 Å². The van der Waals surface area contributed by atoms with E-state index >= 15 is 0 Å². The van der Waals surface area contributed by atoms with Crippen molar-refractivity contribution in [2.24, 2.45) is 5.92 Å². The summed E-state index contributed by atoms with van der Waals surface area (Å²) in [7, 11) is 0. The molecule has 1 unspecified atom stereocenters. The third-order valence-electron chi connectivity index (χ3n) is 7.48. The second-order valence-corrected chi connectivity index (χ2v) is 10.9. The van der Waals surface area contributed by atoms with Gasteiger partial charge in [-0.15, -0.1) is 0 Å². The van der Waals surface area contributed by atoms with Gasteiger partial charge in [-0.3, -0.25) is 9.59 Å². The monoisotopic (exact) mass is 530 g/mol. The molecule has 0 aliphatic carbocycles. The number of ether oxygens (including phenoxy) is 1. The summed E-state index contributed by atoms with van der Waals surface area (Å²) in [6.45, 7) is 4.29. The zero-order valence-corrected chi connectivity index (χ0v) is 23.9. The number of carbonyl (C=O) groups excluding carboxylic acids is 1. The van der Waals surface area contributed by atoms with Crippen molar-refractivity contribution in [2.45, 2.75) is 104 Å². The van der Waals surface area contributed by atoms with Gasteiger partial charge >= 0.3 is 11.9 Å². The molecule has 0 bridgehead atoms. The Kier molecular flexibility index (Phi) is 13.1. The number of benzene rings is 3. The van der Waals surface area contributed by atoms with E-state index in [9.17, 15) is 14.7 Å². The average Bonchev–Trinajstić information content (AvgIpc) is 2.92. The molecule has 0 aromatic heterocycles. The van der Waals surface area contributed by atoms with Crippen LogP contribution in [0, 0.1) is 12.8 Å². The first-order valence-electron chi connectivity index (χ1n) is 15.0. The molecule has 1 N–H and O–H groups in total. The molecule has 4 nitrogen and oxygen atoms in total. The number of carboxylic acid groups (broad SMARTS) is 1. The lowest BCUT2D eigenvalue weighted by atomic mass is 10.0. The van der Waals surface area contributed by atoms with Crippen molar-refractivity contribution in [3.8, 4) is 5.75 Å². The summed E-state index contributed by atoms with van der Waals surface area (Å²) in [4.78, 5) is 24.8.